The first-order chi connectivity index (χ1) is 14.6. The first kappa shape index (κ1) is 27.3. The Kier molecular flexibility index (Phi) is 16.3. The van der Waals surface area contributed by atoms with E-state index in [1.807, 2.05) is 13.0 Å². The molecule has 1 aromatic carbocycles. The normalized spacial score (nSPS) is 12.4. The molecule has 0 aliphatic heterocycles. The molecule has 1 aromatic rings. The second-order valence-electron chi connectivity index (χ2n) is 9.48. The van der Waals surface area contributed by atoms with Crippen LogP contribution in [0.3, 0.4) is 0 Å². The number of hydrogen-bond acceptors (Lipinski definition) is 1. The van der Waals surface area contributed by atoms with Gasteiger partial charge in [0.25, 0.3) is 0 Å². The van der Waals surface area contributed by atoms with Gasteiger partial charge in [0.05, 0.1) is 0 Å². The summed E-state index contributed by atoms with van der Waals surface area (Å²) in [5.74, 6) is 1.38. The number of benzene rings is 1. The van der Waals surface area contributed by atoms with Crippen molar-refractivity contribution >= 4 is 11.6 Å². The molecule has 0 spiro atoms. The number of halogens is 1. The quantitative estimate of drug-likeness (QED) is 0.169. The highest BCUT2D eigenvalue weighted by Crippen LogP contribution is 2.33. The number of phenols is 1. The topological polar surface area (TPSA) is 20.2 Å². The molecular weight excluding hydrogens is 388 g/mol. The molecule has 0 amide bonds. The number of unbranched alkanes of at least 4 members (excludes halogenated alkanes) is 15. The predicted octanol–water partition coefficient (Wildman–Crippen LogP) is 10.2. The fourth-order valence-electron chi connectivity index (χ4n) is 4.49. The highest BCUT2D eigenvalue weighted by Gasteiger charge is 2.13. The Labute approximate surface area is 193 Å². The Morgan fingerprint density at radius 1 is 0.733 bits per heavy atom. The number of aromatic hydroxyl groups is 1. The molecule has 0 saturated carbocycles. The maximum atomic E-state index is 10.4. The van der Waals surface area contributed by atoms with Crippen LogP contribution in [0, 0.1) is 6.92 Å². The molecule has 1 unspecified atom stereocenters. The monoisotopic (exact) mass is 436 g/mol. The summed E-state index contributed by atoms with van der Waals surface area (Å²) in [6.45, 7) is 6.49. The number of phenolic OH excluding ortho intramolecular Hbond substituents is 1. The third-order valence-electron chi connectivity index (χ3n) is 6.57. The summed E-state index contributed by atoms with van der Waals surface area (Å²) in [7, 11) is 0. The van der Waals surface area contributed by atoms with Gasteiger partial charge in [-0.15, -0.1) is 11.6 Å². The first-order valence-corrected chi connectivity index (χ1v) is 13.5. The molecule has 0 saturated heterocycles. The lowest BCUT2D eigenvalue weighted by Gasteiger charge is -2.16. The van der Waals surface area contributed by atoms with Gasteiger partial charge in [0.2, 0.25) is 0 Å². The van der Waals surface area contributed by atoms with Crippen LogP contribution in [0.2, 0.25) is 0 Å². The van der Waals surface area contributed by atoms with Crippen molar-refractivity contribution in [1.29, 1.82) is 0 Å². The van der Waals surface area contributed by atoms with Crippen LogP contribution in [0.1, 0.15) is 146 Å². The van der Waals surface area contributed by atoms with Crippen LogP contribution in [-0.4, -0.2) is 5.11 Å². The van der Waals surface area contributed by atoms with E-state index in [1.165, 1.54) is 103 Å². The van der Waals surface area contributed by atoms with Crippen LogP contribution in [0.5, 0.6) is 5.75 Å². The molecule has 0 heterocycles. The molecule has 0 radical (unpaired) electrons. The molecule has 2 heteroatoms. The highest BCUT2D eigenvalue weighted by molar-refractivity contribution is 6.17. The lowest BCUT2D eigenvalue weighted by Crippen LogP contribution is -1.98. The van der Waals surface area contributed by atoms with Crippen LogP contribution < -0.4 is 0 Å². The van der Waals surface area contributed by atoms with Gasteiger partial charge in [-0.05, 0) is 36.0 Å². The number of aryl methyl sites for hydroxylation is 1. The van der Waals surface area contributed by atoms with Gasteiger partial charge in [-0.25, -0.2) is 0 Å². The van der Waals surface area contributed by atoms with Crippen molar-refractivity contribution in [2.24, 2.45) is 0 Å². The minimum absolute atomic E-state index is 0.401. The van der Waals surface area contributed by atoms with Gasteiger partial charge in [0.1, 0.15) is 5.75 Å². The van der Waals surface area contributed by atoms with Crippen LogP contribution in [0.25, 0.3) is 0 Å². The van der Waals surface area contributed by atoms with Gasteiger partial charge >= 0.3 is 0 Å². The molecule has 1 rings (SSSR count). The van der Waals surface area contributed by atoms with Gasteiger partial charge in [-0.3, -0.25) is 0 Å². The average molecular weight is 437 g/mol. The average Bonchev–Trinajstić information content (AvgIpc) is 2.75. The summed E-state index contributed by atoms with van der Waals surface area (Å²) in [4.78, 5) is 0. The Balaban J connectivity index is 1.96. The van der Waals surface area contributed by atoms with E-state index in [1.54, 1.807) is 0 Å². The number of alkyl halides is 1. The van der Waals surface area contributed by atoms with Crippen molar-refractivity contribution in [3.05, 3.63) is 28.8 Å². The fourth-order valence-corrected chi connectivity index (χ4v) is 4.65. The standard InChI is InChI=1S/C28H49ClO/c1-4-5-6-7-8-9-10-11-12-13-14-15-16-17-18-19-20-24(2)27-22-26(23-29)21-25(3)28(27)30/h21-22,24,30H,4-20,23H2,1-3H3. The van der Waals surface area contributed by atoms with Crippen LogP contribution >= 0.6 is 11.6 Å². The SMILES string of the molecule is CCCCCCCCCCCCCCCCCCC(C)c1cc(CCl)cc(C)c1O. The molecule has 1 nitrogen and oxygen atoms in total. The zero-order valence-electron chi connectivity index (χ0n) is 20.3. The summed E-state index contributed by atoms with van der Waals surface area (Å²) in [5, 5.41) is 10.4. The van der Waals surface area contributed by atoms with E-state index < -0.39 is 0 Å². The molecule has 0 aromatic heterocycles. The van der Waals surface area contributed by atoms with E-state index in [2.05, 4.69) is 19.9 Å². The lowest BCUT2D eigenvalue weighted by molar-refractivity contribution is 0.453. The minimum Gasteiger partial charge on any atom is -0.507 e. The second kappa shape index (κ2) is 17.9. The van der Waals surface area contributed by atoms with Crippen LogP contribution in [-0.2, 0) is 5.88 Å². The van der Waals surface area contributed by atoms with Gasteiger partial charge in [-0.1, -0.05) is 129 Å². The van der Waals surface area contributed by atoms with Gasteiger partial charge in [0, 0.05) is 5.88 Å². The van der Waals surface area contributed by atoms with E-state index in [0.29, 0.717) is 17.5 Å². The molecule has 0 fully saturated rings. The molecule has 0 aliphatic rings. The molecule has 0 bridgehead atoms. The van der Waals surface area contributed by atoms with Gasteiger partial charge in [-0.2, -0.15) is 0 Å². The van der Waals surface area contributed by atoms with E-state index >= 15 is 0 Å². The lowest BCUT2D eigenvalue weighted by atomic mass is 9.91. The molecular formula is C28H49ClO. The molecule has 1 atom stereocenters. The van der Waals surface area contributed by atoms with E-state index in [9.17, 15) is 5.11 Å². The predicted molar refractivity (Wildman–Crippen MR) is 135 cm³/mol. The molecule has 1 N–H and O–H groups in total. The maximum absolute atomic E-state index is 10.4. The van der Waals surface area contributed by atoms with Crippen molar-refractivity contribution < 1.29 is 5.11 Å². The number of hydrogen-bond donors (Lipinski definition) is 1. The van der Waals surface area contributed by atoms with Crippen LogP contribution in [0.4, 0.5) is 0 Å². The Hall–Kier alpha value is -0.690. The Morgan fingerprint density at radius 2 is 1.17 bits per heavy atom. The minimum atomic E-state index is 0.401. The molecule has 174 valence electrons. The van der Waals surface area contributed by atoms with E-state index in [4.69, 9.17) is 11.6 Å². The van der Waals surface area contributed by atoms with E-state index in [0.717, 1.165) is 23.1 Å². The van der Waals surface area contributed by atoms with Gasteiger partial charge < -0.3 is 5.11 Å². The second-order valence-corrected chi connectivity index (χ2v) is 9.74. The van der Waals surface area contributed by atoms with Crippen molar-refractivity contribution in [2.75, 3.05) is 0 Å². The highest BCUT2D eigenvalue weighted by atomic mass is 35.5. The third kappa shape index (κ3) is 12.2. The summed E-state index contributed by atoms with van der Waals surface area (Å²) in [5.41, 5.74) is 3.13. The maximum Gasteiger partial charge on any atom is 0.121 e. The van der Waals surface area contributed by atoms with E-state index in [-0.39, 0.29) is 0 Å². The Morgan fingerprint density at radius 3 is 1.60 bits per heavy atom. The summed E-state index contributed by atoms with van der Waals surface area (Å²) < 4.78 is 0. The Bertz CT molecular complexity index is 540. The summed E-state index contributed by atoms with van der Waals surface area (Å²) in [6.07, 6.45) is 23.6. The van der Waals surface area contributed by atoms with Gasteiger partial charge in [0.15, 0.2) is 0 Å². The largest absolute Gasteiger partial charge is 0.507 e. The first-order valence-electron chi connectivity index (χ1n) is 13.0. The van der Waals surface area contributed by atoms with Crippen molar-refractivity contribution in [3.63, 3.8) is 0 Å². The number of rotatable bonds is 19. The van der Waals surface area contributed by atoms with Crippen molar-refractivity contribution in [3.8, 4) is 5.75 Å². The smallest absolute Gasteiger partial charge is 0.121 e. The zero-order chi connectivity index (χ0) is 22.0. The molecule has 0 aliphatic carbocycles. The van der Waals surface area contributed by atoms with Crippen molar-refractivity contribution in [1.82, 2.24) is 0 Å². The molecule has 30 heavy (non-hydrogen) atoms. The van der Waals surface area contributed by atoms with Crippen LogP contribution in [0.15, 0.2) is 12.1 Å². The van der Waals surface area contributed by atoms with Crippen molar-refractivity contribution in [2.45, 2.75) is 142 Å². The summed E-state index contributed by atoms with van der Waals surface area (Å²) >= 11 is 6.00. The fraction of sp³-hybridized carbons (Fsp3) is 0.786. The zero-order valence-corrected chi connectivity index (χ0v) is 21.0. The summed E-state index contributed by atoms with van der Waals surface area (Å²) in [6, 6.07) is 4.08. The third-order valence-corrected chi connectivity index (χ3v) is 6.87.